The van der Waals surface area contributed by atoms with Gasteiger partial charge < -0.3 is 55.5 Å². The quantitative estimate of drug-likeness (QED) is 0.197. The first-order valence-corrected chi connectivity index (χ1v) is 12.9. The van der Waals surface area contributed by atoms with E-state index < -0.39 is 48.6 Å². The van der Waals surface area contributed by atoms with Crippen LogP contribution in [0.25, 0.3) is 0 Å². The third-order valence-corrected chi connectivity index (χ3v) is 7.95. The van der Waals surface area contributed by atoms with Crippen LogP contribution in [0, 0.1) is 5.92 Å². The van der Waals surface area contributed by atoms with Crippen molar-refractivity contribution in [2.24, 2.45) is 5.92 Å². The highest BCUT2D eigenvalue weighted by molar-refractivity contribution is 5.03. The fourth-order valence-corrected chi connectivity index (χ4v) is 5.71. The molecule has 35 heavy (non-hydrogen) atoms. The number of ether oxygens (including phenoxy) is 4. The van der Waals surface area contributed by atoms with E-state index in [2.05, 4.69) is 35.1 Å². The second-order valence-corrected chi connectivity index (χ2v) is 10.8. The van der Waals surface area contributed by atoms with E-state index in [1.54, 1.807) is 14.0 Å². The molecule has 1 aliphatic carbocycles. The summed E-state index contributed by atoms with van der Waals surface area (Å²) in [6.07, 6.45) is -2.41. The number of hydrogen-bond donors (Lipinski definition) is 7. The molecule has 2 aliphatic heterocycles. The molecule has 3 fully saturated rings. The van der Waals surface area contributed by atoms with Crippen LogP contribution in [-0.2, 0) is 18.9 Å². The van der Waals surface area contributed by atoms with Crippen LogP contribution >= 0.6 is 0 Å². The van der Waals surface area contributed by atoms with Gasteiger partial charge in [-0.2, -0.15) is 0 Å². The van der Waals surface area contributed by atoms with Gasteiger partial charge in [0.1, 0.15) is 30.0 Å². The van der Waals surface area contributed by atoms with Crippen molar-refractivity contribution in [3.63, 3.8) is 0 Å². The molecule has 0 aromatic carbocycles. The number of likely N-dealkylation sites (N-methyl/N-ethyl adjacent to an activating group) is 4. The van der Waals surface area contributed by atoms with Crippen LogP contribution in [0.15, 0.2) is 0 Å². The van der Waals surface area contributed by atoms with Gasteiger partial charge in [-0.1, -0.05) is 13.8 Å². The van der Waals surface area contributed by atoms with Crippen LogP contribution in [-0.4, -0.2) is 123 Å². The lowest BCUT2D eigenvalue weighted by Gasteiger charge is -2.49. The van der Waals surface area contributed by atoms with Gasteiger partial charge in [0.25, 0.3) is 0 Å². The van der Waals surface area contributed by atoms with Crippen molar-refractivity contribution < 1.29 is 34.3 Å². The van der Waals surface area contributed by atoms with Gasteiger partial charge in [-0.25, -0.2) is 0 Å². The zero-order valence-electron chi connectivity index (χ0n) is 22.2. The zero-order chi connectivity index (χ0) is 25.9. The summed E-state index contributed by atoms with van der Waals surface area (Å²) < 4.78 is 24.7. The Morgan fingerprint density at radius 2 is 1.40 bits per heavy atom. The highest BCUT2D eigenvalue weighted by Gasteiger charge is 2.51. The van der Waals surface area contributed by atoms with E-state index in [1.807, 2.05) is 21.1 Å². The van der Waals surface area contributed by atoms with Crippen LogP contribution < -0.4 is 21.3 Å². The number of aliphatic hydroxyl groups excluding tert-OH is 2. The minimum absolute atomic E-state index is 0.0112. The molecule has 4 unspecified atom stereocenters. The monoisotopic (exact) mass is 504 g/mol. The Hall–Kier alpha value is -0.440. The van der Waals surface area contributed by atoms with E-state index in [-0.39, 0.29) is 30.8 Å². The summed E-state index contributed by atoms with van der Waals surface area (Å²) in [7, 11) is 7.23. The third-order valence-electron chi connectivity index (χ3n) is 7.95. The smallest absolute Gasteiger partial charge is 0.185 e. The van der Waals surface area contributed by atoms with Gasteiger partial charge in [-0.15, -0.1) is 0 Å². The van der Waals surface area contributed by atoms with Crippen molar-refractivity contribution >= 4 is 0 Å². The lowest BCUT2D eigenvalue weighted by molar-refractivity contribution is -0.310. The zero-order valence-corrected chi connectivity index (χ0v) is 22.2. The van der Waals surface area contributed by atoms with Crippen molar-refractivity contribution in [3.8, 4) is 0 Å². The van der Waals surface area contributed by atoms with Gasteiger partial charge in [0.15, 0.2) is 12.6 Å². The number of rotatable bonds is 9. The molecule has 11 heteroatoms. The highest BCUT2D eigenvalue weighted by atomic mass is 16.7. The molecule has 11 nitrogen and oxygen atoms in total. The third kappa shape index (κ3) is 6.35. The molecule has 3 rings (SSSR count). The van der Waals surface area contributed by atoms with E-state index in [4.69, 9.17) is 18.9 Å². The van der Waals surface area contributed by atoms with Gasteiger partial charge in [-0.05, 0) is 60.3 Å². The van der Waals surface area contributed by atoms with Crippen LogP contribution in [0.4, 0.5) is 0 Å². The van der Waals surface area contributed by atoms with E-state index in [0.29, 0.717) is 12.3 Å². The lowest BCUT2D eigenvalue weighted by Crippen LogP contribution is -2.69. The fourth-order valence-electron chi connectivity index (χ4n) is 5.71. The molecule has 206 valence electrons. The molecule has 0 spiro atoms. The molecular formula is C24H48N4O7. The van der Waals surface area contributed by atoms with Crippen molar-refractivity contribution in [1.82, 2.24) is 21.3 Å². The highest BCUT2D eigenvalue weighted by Crippen LogP contribution is 2.33. The molecular weight excluding hydrogens is 456 g/mol. The van der Waals surface area contributed by atoms with Crippen molar-refractivity contribution in [3.05, 3.63) is 0 Å². The van der Waals surface area contributed by atoms with Crippen LogP contribution in [0.2, 0.25) is 0 Å². The fraction of sp³-hybridized carbons (Fsp3) is 1.00. The van der Waals surface area contributed by atoms with E-state index >= 15 is 0 Å². The summed E-state index contributed by atoms with van der Waals surface area (Å²) in [6.45, 7) is 5.87. The predicted octanol–water partition coefficient (Wildman–Crippen LogP) is -1.50. The summed E-state index contributed by atoms with van der Waals surface area (Å²) in [5.74, 6) is 0.363. The molecule has 2 saturated heterocycles. The van der Waals surface area contributed by atoms with Crippen molar-refractivity contribution in [1.29, 1.82) is 0 Å². The van der Waals surface area contributed by atoms with Crippen molar-refractivity contribution in [2.45, 2.75) is 113 Å². The van der Waals surface area contributed by atoms with E-state index in [1.165, 1.54) is 0 Å². The largest absolute Gasteiger partial charge is 0.388 e. The maximum Gasteiger partial charge on any atom is 0.185 e. The molecule has 0 aromatic rings. The normalized spacial score (nSPS) is 47.2. The SMILES string of the molecule is CNC1C[C@@H](NC)[C@@H](O[C@H]2OC[C@](C)(O)[C@@H](NC)[C@H]2O)[C@@H](O)C1O[C@H]1OC(C(C)C)CCC1NC. The Labute approximate surface area is 209 Å². The van der Waals surface area contributed by atoms with Gasteiger partial charge in [0.05, 0.1) is 24.8 Å². The van der Waals surface area contributed by atoms with Gasteiger partial charge >= 0.3 is 0 Å². The van der Waals surface area contributed by atoms with Crippen LogP contribution in [0.5, 0.6) is 0 Å². The van der Waals surface area contributed by atoms with Crippen LogP contribution in [0.3, 0.4) is 0 Å². The summed E-state index contributed by atoms with van der Waals surface area (Å²) in [5, 5.41) is 45.7. The van der Waals surface area contributed by atoms with E-state index in [0.717, 1.165) is 12.8 Å². The second kappa shape index (κ2) is 12.4. The van der Waals surface area contributed by atoms with Gasteiger partial charge in [0.2, 0.25) is 0 Å². The summed E-state index contributed by atoms with van der Waals surface area (Å²) in [4.78, 5) is 0. The topological polar surface area (TPSA) is 146 Å². The molecule has 0 radical (unpaired) electrons. The summed E-state index contributed by atoms with van der Waals surface area (Å²) in [5.41, 5.74) is -1.25. The minimum atomic E-state index is -1.25. The summed E-state index contributed by atoms with van der Waals surface area (Å²) >= 11 is 0. The van der Waals surface area contributed by atoms with Gasteiger partial charge in [0, 0.05) is 12.1 Å². The Bertz CT molecular complexity index is 657. The lowest BCUT2D eigenvalue weighted by atomic mass is 9.83. The van der Waals surface area contributed by atoms with Crippen molar-refractivity contribution in [2.75, 3.05) is 34.8 Å². The van der Waals surface area contributed by atoms with Crippen LogP contribution in [0.1, 0.15) is 40.0 Å². The summed E-state index contributed by atoms with van der Waals surface area (Å²) in [6, 6.07) is -1.000. The molecule has 0 amide bonds. The maximum absolute atomic E-state index is 11.5. The van der Waals surface area contributed by atoms with Gasteiger partial charge in [-0.3, -0.25) is 0 Å². The average Bonchev–Trinajstić information content (AvgIpc) is 2.83. The molecule has 7 N–H and O–H groups in total. The molecule has 12 atom stereocenters. The second-order valence-electron chi connectivity index (χ2n) is 10.8. The minimum Gasteiger partial charge on any atom is -0.388 e. The number of aliphatic hydroxyl groups is 3. The standard InChI is InChI=1S/C24H48N4O7/c1-12(2)16-9-8-13(25-4)22(33-16)34-19-14(26-5)10-15(27-6)20(17(19)29)35-23-18(30)21(28-7)24(3,31)11-32-23/h12-23,25-31H,8-11H2,1-7H3/t13?,14?,15-,16?,17+,18-,19?,20-,21+,22-,23-,24+/m1/s1. The number of hydrogen-bond acceptors (Lipinski definition) is 11. The Balaban J connectivity index is 1.78. The number of nitrogens with one attached hydrogen (secondary N) is 4. The predicted molar refractivity (Wildman–Crippen MR) is 131 cm³/mol. The van der Waals surface area contributed by atoms with E-state index in [9.17, 15) is 15.3 Å². The molecule has 0 bridgehead atoms. The first-order chi connectivity index (χ1) is 16.6. The molecule has 0 aromatic heterocycles. The first-order valence-electron chi connectivity index (χ1n) is 12.9. The Morgan fingerprint density at radius 1 is 0.829 bits per heavy atom. The maximum atomic E-state index is 11.5. The average molecular weight is 505 g/mol. The molecule has 3 aliphatic rings. The first kappa shape index (κ1) is 29.1. The Morgan fingerprint density at radius 3 is 1.91 bits per heavy atom. The Kier molecular flexibility index (Phi) is 10.3. The molecule has 1 saturated carbocycles. The molecule has 2 heterocycles.